The topological polar surface area (TPSA) is 66.5 Å². The molecule has 0 radical (unpaired) electrons. The summed E-state index contributed by atoms with van der Waals surface area (Å²) in [6.45, 7) is 3.34. The molecule has 112 valence electrons. The maximum Gasteiger partial charge on any atom is 0.219 e. The maximum absolute atomic E-state index is 13.5. The average molecular weight is 302 g/mol. The Labute approximate surface area is 118 Å². The van der Waals surface area contributed by atoms with Gasteiger partial charge in [0.25, 0.3) is 0 Å². The molecule has 0 spiro atoms. The maximum atomic E-state index is 13.5. The molecule has 5 nitrogen and oxygen atoms in total. The van der Waals surface area contributed by atoms with Crippen LogP contribution in [0.4, 0.5) is 4.39 Å². The van der Waals surface area contributed by atoms with Crippen LogP contribution in [0.25, 0.3) is 0 Å². The third-order valence-electron chi connectivity index (χ3n) is 2.85. The van der Waals surface area contributed by atoms with E-state index in [-0.39, 0.29) is 37.1 Å². The van der Waals surface area contributed by atoms with Crippen molar-refractivity contribution in [3.8, 4) is 0 Å². The first-order valence-corrected chi connectivity index (χ1v) is 7.97. The van der Waals surface area contributed by atoms with Crippen molar-refractivity contribution in [3.05, 3.63) is 35.6 Å². The SMILES string of the molecule is CCS(=O)(=O)NCCN(Cc1ccccc1F)C(C)=O. The van der Waals surface area contributed by atoms with Crippen LogP contribution < -0.4 is 4.72 Å². The van der Waals surface area contributed by atoms with Gasteiger partial charge in [0.15, 0.2) is 0 Å². The van der Waals surface area contributed by atoms with Gasteiger partial charge in [-0.1, -0.05) is 18.2 Å². The van der Waals surface area contributed by atoms with Crippen LogP contribution in [-0.2, 0) is 21.4 Å². The second kappa shape index (κ2) is 7.35. The smallest absolute Gasteiger partial charge is 0.219 e. The van der Waals surface area contributed by atoms with E-state index in [4.69, 9.17) is 0 Å². The number of sulfonamides is 1. The molecule has 0 unspecified atom stereocenters. The fourth-order valence-corrected chi connectivity index (χ4v) is 2.22. The molecule has 0 saturated heterocycles. The number of halogens is 1. The van der Waals surface area contributed by atoms with E-state index in [0.717, 1.165) is 0 Å². The Hall–Kier alpha value is -1.47. The lowest BCUT2D eigenvalue weighted by Crippen LogP contribution is -2.37. The number of hydrogen-bond donors (Lipinski definition) is 1. The molecule has 0 bridgehead atoms. The summed E-state index contributed by atoms with van der Waals surface area (Å²) in [6.07, 6.45) is 0. The van der Waals surface area contributed by atoms with E-state index in [1.54, 1.807) is 18.2 Å². The summed E-state index contributed by atoms with van der Waals surface area (Å²) in [5.41, 5.74) is 0.404. The van der Waals surface area contributed by atoms with Gasteiger partial charge >= 0.3 is 0 Å². The Morgan fingerprint density at radius 3 is 2.55 bits per heavy atom. The lowest BCUT2D eigenvalue weighted by molar-refractivity contribution is -0.129. The van der Waals surface area contributed by atoms with Crippen LogP contribution in [0.1, 0.15) is 19.4 Å². The van der Waals surface area contributed by atoms with Crippen molar-refractivity contribution in [2.24, 2.45) is 0 Å². The van der Waals surface area contributed by atoms with Gasteiger partial charge in [-0.25, -0.2) is 17.5 Å². The lowest BCUT2D eigenvalue weighted by atomic mass is 10.2. The molecule has 0 saturated carbocycles. The van der Waals surface area contributed by atoms with Crippen LogP contribution in [0.15, 0.2) is 24.3 Å². The molecular formula is C13H19FN2O3S. The molecule has 1 aromatic carbocycles. The van der Waals surface area contributed by atoms with Crippen molar-refractivity contribution < 1.29 is 17.6 Å². The minimum absolute atomic E-state index is 0.0135. The highest BCUT2D eigenvalue weighted by atomic mass is 32.2. The molecule has 20 heavy (non-hydrogen) atoms. The highest BCUT2D eigenvalue weighted by Gasteiger charge is 2.13. The van der Waals surface area contributed by atoms with Crippen LogP contribution >= 0.6 is 0 Å². The Morgan fingerprint density at radius 1 is 1.35 bits per heavy atom. The summed E-state index contributed by atoms with van der Waals surface area (Å²) in [6, 6.07) is 6.19. The highest BCUT2D eigenvalue weighted by molar-refractivity contribution is 7.89. The fourth-order valence-electron chi connectivity index (χ4n) is 1.62. The van der Waals surface area contributed by atoms with E-state index >= 15 is 0 Å². The zero-order valence-electron chi connectivity index (χ0n) is 11.6. The fraction of sp³-hybridized carbons (Fsp3) is 0.462. The molecule has 1 amide bonds. The lowest BCUT2D eigenvalue weighted by Gasteiger charge is -2.21. The van der Waals surface area contributed by atoms with Crippen molar-refractivity contribution in [1.82, 2.24) is 9.62 Å². The molecule has 0 aliphatic rings. The first-order valence-electron chi connectivity index (χ1n) is 6.32. The van der Waals surface area contributed by atoms with Gasteiger partial charge in [0.2, 0.25) is 15.9 Å². The van der Waals surface area contributed by atoms with E-state index < -0.39 is 10.0 Å². The minimum Gasteiger partial charge on any atom is -0.337 e. The zero-order valence-corrected chi connectivity index (χ0v) is 12.4. The van der Waals surface area contributed by atoms with E-state index in [1.165, 1.54) is 24.8 Å². The number of nitrogens with one attached hydrogen (secondary N) is 1. The Bertz CT molecular complexity index is 560. The standard InChI is InChI=1S/C13H19FN2O3S/c1-3-20(18,19)15-8-9-16(11(2)17)10-12-6-4-5-7-13(12)14/h4-7,15H,3,8-10H2,1-2H3. The van der Waals surface area contributed by atoms with Crippen molar-refractivity contribution >= 4 is 15.9 Å². The van der Waals surface area contributed by atoms with E-state index in [9.17, 15) is 17.6 Å². The molecule has 0 aliphatic heterocycles. The number of carbonyl (C=O) groups is 1. The second-order valence-corrected chi connectivity index (χ2v) is 6.43. The highest BCUT2D eigenvalue weighted by Crippen LogP contribution is 2.09. The van der Waals surface area contributed by atoms with Crippen molar-refractivity contribution in [1.29, 1.82) is 0 Å². The summed E-state index contributed by atoms with van der Waals surface area (Å²) in [5.74, 6) is -0.628. The Morgan fingerprint density at radius 2 is 2.00 bits per heavy atom. The summed E-state index contributed by atoms with van der Waals surface area (Å²) in [5, 5.41) is 0. The summed E-state index contributed by atoms with van der Waals surface area (Å²) in [4.78, 5) is 12.9. The number of rotatable bonds is 7. The quantitative estimate of drug-likeness (QED) is 0.820. The molecule has 0 fully saturated rings. The molecule has 0 heterocycles. The third kappa shape index (κ3) is 5.26. The Balaban J connectivity index is 2.63. The van der Waals surface area contributed by atoms with Crippen LogP contribution in [0.5, 0.6) is 0 Å². The van der Waals surface area contributed by atoms with Gasteiger partial charge < -0.3 is 4.90 Å². The number of nitrogens with zero attached hydrogens (tertiary/aromatic N) is 1. The Kier molecular flexibility index (Phi) is 6.09. The second-order valence-electron chi connectivity index (χ2n) is 4.33. The summed E-state index contributed by atoms with van der Waals surface area (Å²) >= 11 is 0. The summed E-state index contributed by atoms with van der Waals surface area (Å²) < 4.78 is 38.5. The van der Waals surface area contributed by atoms with Crippen molar-refractivity contribution in [3.63, 3.8) is 0 Å². The van der Waals surface area contributed by atoms with Crippen molar-refractivity contribution in [2.45, 2.75) is 20.4 Å². The predicted molar refractivity (Wildman–Crippen MR) is 75.0 cm³/mol. The van der Waals surface area contributed by atoms with E-state index in [0.29, 0.717) is 5.56 Å². The van der Waals surface area contributed by atoms with Gasteiger partial charge in [-0.3, -0.25) is 4.79 Å². The normalized spacial score (nSPS) is 11.3. The number of amides is 1. The molecular weight excluding hydrogens is 283 g/mol. The van der Waals surface area contributed by atoms with E-state index in [2.05, 4.69) is 4.72 Å². The first-order chi connectivity index (χ1) is 9.35. The van der Waals surface area contributed by atoms with Gasteiger partial charge in [0, 0.05) is 32.1 Å². The van der Waals surface area contributed by atoms with Crippen molar-refractivity contribution in [2.75, 3.05) is 18.8 Å². The van der Waals surface area contributed by atoms with Gasteiger partial charge in [0.1, 0.15) is 5.82 Å². The minimum atomic E-state index is -3.28. The van der Waals surface area contributed by atoms with Crippen LogP contribution in [-0.4, -0.2) is 38.1 Å². The number of hydrogen-bond acceptors (Lipinski definition) is 3. The monoisotopic (exact) mass is 302 g/mol. The number of carbonyl (C=O) groups excluding carboxylic acids is 1. The molecule has 0 aromatic heterocycles. The van der Waals surface area contributed by atoms with Gasteiger partial charge in [-0.05, 0) is 13.0 Å². The van der Waals surface area contributed by atoms with E-state index in [1.807, 2.05) is 0 Å². The van der Waals surface area contributed by atoms with Crippen LogP contribution in [0.3, 0.4) is 0 Å². The molecule has 0 aliphatic carbocycles. The first kappa shape index (κ1) is 16.6. The largest absolute Gasteiger partial charge is 0.337 e. The predicted octanol–water partition coefficient (Wildman–Crippen LogP) is 1.11. The number of benzene rings is 1. The van der Waals surface area contributed by atoms with Crippen LogP contribution in [0, 0.1) is 5.82 Å². The van der Waals surface area contributed by atoms with Gasteiger partial charge in [-0.2, -0.15) is 0 Å². The molecule has 1 N–H and O–H groups in total. The zero-order chi connectivity index (χ0) is 15.2. The molecule has 7 heteroatoms. The molecule has 1 rings (SSSR count). The molecule has 0 atom stereocenters. The molecule has 1 aromatic rings. The average Bonchev–Trinajstić information content (AvgIpc) is 2.39. The van der Waals surface area contributed by atoms with Crippen LogP contribution in [0.2, 0.25) is 0 Å². The van der Waals surface area contributed by atoms with Gasteiger partial charge in [-0.15, -0.1) is 0 Å². The van der Waals surface area contributed by atoms with Gasteiger partial charge in [0.05, 0.1) is 5.75 Å². The summed E-state index contributed by atoms with van der Waals surface area (Å²) in [7, 11) is -3.28. The third-order valence-corrected chi connectivity index (χ3v) is 4.25.